The summed E-state index contributed by atoms with van der Waals surface area (Å²) in [6, 6.07) is 9.75. The molecule has 0 fully saturated rings. The van der Waals surface area contributed by atoms with Gasteiger partial charge in [-0.2, -0.15) is 10.4 Å². The second-order valence-corrected chi connectivity index (χ2v) is 3.48. The summed E-state index contributed by atoms with van der Waals surface area (Å²) in [5.74, 6) is 0.143. The number of carbonyl (C=O) groups is 1. The minimum absolute atomic E-state index is 0.121. The molecule has 0 aliphatic carbocycles. The third-order valence-electron chi connectivity index (χ3n) is 2.30. The van der Waals surface area contributed by atoms with Crippen molar-refractivity contribution in [1.29, 1.82) is 5.26 Å². The first-order valence-corrected chi connectivity index (χ1v) is 5.32. The van der Waals surface area contributed by atoms with Gasteiger partial charge in [-0.25, -0.2) is 4.79 Å². The van der Waals surface area contributed by atoms with Crippen LogP contribution in [0.3, 0.4) is 0 Å². The van der Waals surface area contributed by atoms with Crippen molar-refractivity contribution in [1.82, 2.24) is 10.2 Å². The molecular formula is C13H9N3O3. The van der Waals surface area contributed by atoms with Gasteiger partial charge in [0.05, 0.1) is 18.9 Å². The topological polar surface area (TPSA) is 85.1 Å². The fraction of sp³-hybridized carbons (Fsp3) is 0.0769. The van der Waals surface area contributed by atoms with Crippen molar-refractivity contribution >= 4 is 5.97 Å². The fourth-order valence-corrected chi connectivity index (χ4v) is 1.37. The van der Waals surface area contributed by atoms with Crippen LogP contribution in [0.25, 0.3) is 0 Å². The molecular weight excluding hydrogens is 246 g/mol. The molecule has 0 bridgehead atoms. The standard InChI is InChI=1S/C13H9N3O3/c1-18-13(17)9-2-4-11(5-3-9)19-12-10(8-14)6-7-15-16-12/h2-7H,1H3. The lowest BCUT2D eigenvalue weighted by Gasteiger charge is -2.05. The van der Waals surface area contributed by atoms with Crippen molar-refractivity contribution < 1.29 is 14.3 Å². The molecule has 1 aromatic carbocycles. The molecule has 6 heteroatoms. The van der Waals surface area contributed by atoms with Gasteiger partial charge in [-0.05, 0) is 30.3 Å². The predicted octanol–water partition coefficient (Wildman–Crippen LogP) is 1.93. The van der Waals surface area contributed by atoms with Gasteiger partial charge in [0.25, 0.3) is 5.88 Å². The zero-order valence-corrected chi connectivity index (χ0v) is 10.0. The van der Waals surface area contributed by atoms with Crippen LogP contribution in [-0.2, 0) is 4.74 Å². The zero-order valence-electron chi connectivity index (χ0n) is 10.0. The van der Waals surface area contributed by atoms with E-state index in [1.165, 1.54) is 19.4 Å². The van der Waals surface area contributed by atoms with E-state index in [0.717, 1.165) is 0 Å². The number of esters is 1. The van der Waals surface area contributed by atoms with Crippen molar-refractivity contribution in [2.24, 2.45) is 0 Å². The molecule has 1 aromatic heterocycles. The Bertz CT molecular complexity index is 632. The number of methoxy groups -OCH3 is 1. The number of rotatable bonds is 3. The molecule has 6 nitrogen and oxygen atoms in total. The Morgan fingerprint density at radius 1 is 1.26 bits per heavy atom. The molecule has 0 aliphatic heterocycles. The summed E-state index contributed by atoms with van der Waals surface area (Å²) in [6.07, 6.45) is 1.41. The van der Waals surface area contributed by atoms with E-state index >= 15 is 0 Å². The van der Waals surface area contributed by atoms with Crippen molar-refractivity contribution in [3.63, 3.8) is 0 Å². The molecule has 2 aromatic rings. The first-order chi connectivity index (χ1) is 9.24. The molecule has 0 saturated heterocycles. The second kappa shape index (κ2) is 5.60. The highest BCUT2D eigenvalue weighted by molar-refractivity contribution is 5.89. The fourth-order valence-electron chi connectivity index (χ4n) is 1.37. The number of hydrogen-bond donors (Lipinski definition) is 0. The van der Waals surface area contributed by atoms with E-state index in [1.807, 2.05) is 6.07 Å². The van der Waals surface area contributed by atoms with Gasteiger partial charge in [0.15, 0.2) is 0 Å². The molecule has 94 valence electrons. The lowest BCUT2D eigenvalue weighted by molar-refractivity contribution is 0.0600. The average Bonchev–Trinajstić information content (AvgIpc) is 2.48. The Hall–Kier alpha value is -2.94. The van der Waals surface area contributed by atoms with E-state index in [4.69, 9.17) is 10.00 Å². The molecule has 2 rings (SSSR count). The zero-order chi connectivity index (χ0) is 13.7. The summed E-state index contributed by atoms with van der Waals surface area (Å²) in [6.45, 7) is 0. The van der Waals surface area contributed by atoms with Crippen LogP contribution in [0.4, 0.5) is 0 Å². The van der Waals surface area contributed by atoms with Gasteiger partial charge in [-0.15, -0.1) is 5.10 Å². The molecule has 0 unspecified atom stereocenters. The Morgan fingerprint density at radius 3 is 2.63 bits per heavy atom. The van der Waals surface area contributed by atoms with Crippen molar-refractivity contribution in [3.8, 4) is 17.7 Å². The first kappa shape index (κ1) is 12.5. The third-order valence-corrected chi connectivity index (χ3v) is 2.30. The van der Waals surface area contributed by atoms with E-state index in [9.17, 15) is 4.79 Å². The monoisotopic (exact) mass is 255 g/mol. The molecule has 19 heavy (non-hydrogen) atoms. The van der Waals surface area contributed by atoms with Crippen LogP contribution in [0, 0.1) is 11.3 Å². The SMILES string of the molecule is COC(=O)c1ccc(Oc2nnccc2C#N)cc1. The number of benzene rings is 1. The Balaban J connectivity index is 2.20. The van der Waals surface area contributed by atoms with E-state index in [2.05, 4.69) is 14.9 Å². The van der Waals surface area contributed by atoms with E-state index in [1.54, 1.807) is 24.3 Å². The highest BCUT2D eigenvalue weighted by atomic mass is 16.5. The van der Waals surface area contributed by atoms with Gasteiger partial charge in [0.2, 0.25) is 0 Å². The van der Waals surface area contributed by atoms with Crippen LogP contribution in [-0.4, -0.2) is 23.3 Å². The van der Waals surface area contributed by atoms with Crippen LogP contribution in [0.1, 0.15) is 15.9 Å². The number of nitriles is 1. The van der Waals surface area contributed by atoms with Gasteiger partial charge in [-0.3, -0.25) is 0 Å². The maximum atomic E-state index is 11.3. The Morgan fingerprint density at radius 2 is 2.00 bits per heavy atom. The van der Waals surface area contributed by atoms with Crippen LogP contribution in [0.15, 0.2) is 36.5 Å². The summed E-state index contributed by atoms with van der Waals surface area (Å²) < 4.78 is 10.0. The van der Waals surface area contributed by atoms with Crippen LogP contribution in [0.2, 0.25) is 0 Å². The van der Waals surface area contributed by atoms with E-state index in [0.29, 0.717) is 11.3 Å². The van der Waals surface area contributed by atoms with Crippen molar-refractivity contribution in [2.75, 3.05) is 7.11 Å². The molecule has 0 spiro atoms. The summed E-state index contributed by atoms with van der Waals surface area (Å²) in [5, 5.41) is 16.3. The molecule has 0 aliphatic rings. The number of aromatic nitrogens is 2. The average molecular weight is 255 g/mol. The number of ether oxygens (including phenoxy) is 2. The van der Waals surface area contributed by atoms with Gasteiger partial charge >= 0.3 is 5.97 Å². The lowest BCUT2D eigenvalue weighted by atomic mass is 10.2. The minimum Gasteiger partial charge on any atom is -0.465 e. The summed E-state index contributed by atoms with van der Waals surface area (Å²) in [5.41, 5.74) is 0.696. The molecule has 0 saturated carbocycles. The highest BCUT2D eigenvalue weighted by Gasteiger charge is 2.08. The largest absolute Gasteiger partial charge is 0.465 e. The number of hydrogen-bond acceptors (Lipinski definition) is 6. The second-order valence-electron chi connectivity index (χ2n) is 3.48. The Kier molecular flexibility index (Phi) is 3.69. The van der Waals surface area contributed by atoms with Gasteiger partial charge in [0, 0.05) is 0 Å². The summed E-state index contributed by atoms with van der Waals surface area (Å²) >= 11 is 0. The van der Waals surface area contributed by atoms with Crippen molar-refractivity contribution in [3.05, 3.63) is 47.7 Å². The Labute approximate surface area is 109 Å². The van der Waals surface area contributed by atoms with Gasteiger partial charge in [0.1, 0.15) is 17.4 Å². The number of carbonyl (C=O) groups excluding carboxylic acids is 1. The molecule has 0 N–H and O–H groups in total. The smallest absolute Gasteiger partial charge is 0.337 e. The van der Waals surface area contributed by atoms with Gasteiger partial charge < -0.3 is 9.47 Å². The van der Waals surface area contributed by atoms with E-state index in [-0.39, 0.29) is 11.4 Å². The maximum Gasteiger partial charge on any atom is 0.337 e. The molecule has 0 amide bonds. The van der Waals surface area contributed by atoms with Crippen molar-refractivity contribution in [2.45, 2.75) is 0 Å². The van der Waals surface area contributed by atoms with Crippen LogP contribution >= 0.6 is 0 Å². The van der Waals surface area contributed by atoms with Gasteiger partial charge in [-0.1, -0.05) is 0 Å². The number of nitrogens with zero attached hydrogens (tertiary/aromatic N) is 3. The quantitative estimate of drug-likeness (QED) is 0.779. The third kappa shape index (κ3) is 2.84. The normalized spacial score (nSPS) is 9.47. The van der Waals surface area contributed by atoms with E-state index < -0.39 is 5.97 Å². The van der Waals surface area contributed by atoms with Crippen LogP contribution in [0.5, 0.6) is 11.6 Å². The molecule has 0 atom stereocenters. The molecule has 0 radical (unpaired) electrons. The molecule has 1 heterocycles. The van der Waals surface area contributed by atoms with Crippen LogP contribution < -0.4 is 4.74 Å². The lowest BCUT2D eigenvalue weighted by Crippen LogP contribution is -2.00. The summed E-state index contributed by atoms with van der Waals surface area (Å²) in [7, 11) is 1.31. The maximum absolute atomic E-state index is 11.3. The predicted molar refractivity (Wildman–Crippen MR) is 64.6 cm³/mol. The summed E-state index contributed by atoms with van der Waals surface area (Å²) in [4.78, 5) is 11.3. The highest BCUT2D eigenvalue weighted by Crippen LogP contribution is 2.22. The minimum atomic E-state index is -0.427. The first-order valence-electron chi connectivity index (χ1n) is 5.32.